The second-order valence-electron chi connectivity index (χ2n) is 10.8. The smallest absolute Gasteiger partial charge is 0.306 e. The lowest BCUT2D eigenvalue weighted by molar-refractivity contribution is -0.155. The van der Waals surface area contributed by atoms with Gasteiger partial charge in [-0.1, -0.05) is 13.8 Å². The van der Waals surface area contributed by atoms with Gasteiger partial charge in [-0.05, 0) is 63.6 Å². The molecule has 33 heavy (non-hydrogen) atoms. The van der Waals surface area contributed by atoms with Crippen molar-refractivity contribution in [2.45, 2.75) is 84.0 Å². The summed E-state index contributed by atoms with van der Waals surface area (Å²) in [6, 6.07) is 5.97. The summed E-state index contributed by atoms with van der Waals surface area (Å²) in [5, 5.41) is 4.34. The fourth-order valence-corrected chi connectivity index (χ4v) is 5.22. The minimum Gasteiger partial charge on any atom is -0.497 e. The Morgan fingerprint density at radius 3 is 2.70 bits per heavy atom. The van der Waals surface area contributed by atoms with Crippen molar-refractivity contribution < 1.29 is 19.1 Å². The number of piperazine rings is 1. The minimum atomic E-state index is -0.498. The van der Waals surface area contributed by atoms with E-state index in [1.807, 2.05) is 32.9 Å². The zero-order chi connectivity index (χ0) is 23.9. The van der Waals surface area contributed by atoms with Crippen LogP contribution in [0.5, 0.6) is 5.75 Å². The molecule has 0 spiro atoms. The van der Waals surface area contributed by atoms with Crippen molar-refractivity contribution in [1.29, 1.82) is 0 Å². The zero-order valence-electron chi connectivity index (χ0n) is 20.7. The largest absolute Gasteiger partial charge is 0.497 e. The number of fused-ring (bicyclic) bond motifs is 4. The molecule has 0 unspecified atom stereocenters. The standard InChI is InChI=1S/C26H37N3O4/c1-15(2)11-21-24-19(18-9-8-17(32-6)12-20(18)28-24)13-22-25(31)27-16(14-29(21)22)7-10-23(30)33-26(3,4)5/h8-9,12,15-16,21-22,28H,7,10-11,13-14H2,1-6H3,(H,27,31)/t16-,21-,22-/m0/s1. The molecule has 2 aromatic rings. The highest BCUT2D eigenvalue weighted by atomic mass is 16.6. The van der Waals surface area contributed by atoms with E-state index in [1.54, 1.807) is 7.11 Å². The summed E-state index contributed by atoms with van der Waals surface area (Å²) in [4.78, 5) is 31.5. The van der Waals surface area contributed by atoms with Crippen LogP contribution in [0.15, 0.2) is 18.2 Å². The van der Waals surface area contributed by atoms with Crippen LogP contribution >= 0.6 is 0 Å². The molecule has 0 aliphatic carbocycles. The number of methoxy groups -OCH3 is 1. The third-order valence-corrected chi connectivity index (χ3v) is 6.57. The summed E-state index contributed by atoms with van der Waals surface area (Å²) >= 11 is 0. The number of esters is 1. The predicted octanol–water partition coefficient (Wildman–Crippen LogP) is 4.11. The fourth-order valence-electron chi connectivity index (χ4n) is 5.22. The molecule has 4 rings (SSSR count). The predicted molar refractivity (Wildman–Crippen MR) is 128 cm³/mol. The molecule has 3 atom stereocenters. The third-order valence-electron chi connectivity index (χ3n) is 6.57. The number of aromatic nitrogens is 1. The molecule has 7 heteroatoms. The fraction of sp³-hybridized carbons (Fsp3) is 0.615. The second-order valence-corrected chi connectivity index (χ2v) is 10.8. The highest BCUT2D eigenvalue weighted by Gasteiger charge is 2.44. The zero-order valence-corrected chi connectivity index (χ0v) is 20.7. The van der Waals surface area contributed by atoms with Crippen LogP contribution in [0.25, 0.3) is 10.9 Å². The Kier molecular flexibility index (Phi) is 6.45. The van der Waals surface area contributed by atoms with E-state index < -0.39 is 5.60 Å². The molecule has 1 amide bonds. The van der Waals surface area contributed by atoms with Gasteiger partial charge in [0.05, 0.1) is 19.2 Å². The van der Waals surface area contributed by atoms with E-state index in [9.17, 15) is 9.59 Å². The number of carbonyl (C=O) groups excluding carboxylic acids is 2. The Morgan fingerprint density at radius 2 is 2.03 bits per heavy atom. The Bertz CT molecular complexity index is 1040. The molecule has 1 fully saturated rings. The van der Waals surface area contributed by atoms with E-state index in [1.165, 1.54) is 16.6 Å². The maximum absolute atomic E-state index is 13.2. The quantitative estimate of drug-likeness (QED) is 0.641. The van der Waals surface area contributed by atoms with Crippen LogP contribution in [0, 0.1) is 5.92 Å². The molecule has 1 aromatic carbocycles. The summed E-state index contributed by atoms with van der Waals surface area (Å²) in [6.07, 6.45) is 2.52. The molecule has 7 nitrogen and oxygen atoms in total. The average molecular weight is 456 g/mol. The molecule has 0 radical (unpaired) electrons. The normalized spacial score (nSPS) is 23.2. The van der Waals surface area contributed by atoms with Gasteiger partial charge in [0.25, 0.3) is 0 Å². The number of benzene rings is 1. The number of aromatic amines is 1. The Balaban J connectivity index is 1.59. The first kappa shape index (κ1) is 23.6. The van der Waals surface area contributed by atoms with Crippen molar-refractivity contribution in [3.05, 3.63) is 29.5 Å². The van der Waals surface area contributed by atoms with E-state index in [0.717, 1.165) is 24.2 Å². The van der Waals surface area contributed by atoms with Crippen molar-refractivity contribution in [1.82, 2.24) is 15.2 Å². The summed E-state index contributed by atoms with van der Waals surface area (Å²) in [7, 11) is 1.67. The lowest BCUT2D eigenvalue weighted by atomic mass is 9.85. The number of H-pyrrole nitrogens is 1. The number of nitrogens with one attached hydrogen (secondary N) is 2. The molecule has 1 aromatic heterocycles. The molecular weight excluding hydrogens is 418 g/mol. The van der Waals surface area contributed by atoms with Gasteiger partial charge in [0.2, 0.25) is 5.91 Å². The van der Waals surface area contributed by atoms with E-state index in [2.05, 4.69) is 35.1 Å². The molecule has 3 heterocycles. The van der Waals surface area contributed by atoms with Crippen molar-refractivity contribution >= 4 is 22.8 Å². The monoisotopic (exact) mass is 455 g/mol. The minimum absolute atomic E-state index is 0.0534. The first-order valence-corrected chi connectivity index (χ1v) is 12.0. The van der Waals surface area contributed by atoms with Crippen LogP contribution in [0.1, 0.15) is 71.2 Å². The van der Waals surface area contributed by atoms with Gasteiger partial charge in [-0.15, -0.1) is 0 Å². The summed E-state index contributed by atoms with van der Waals surface area (Å²) in [5.74, 6) is 1.13. The first-order valence-electron chi connectivity index (χ1n) is 12.0. The number of amides is 1. The Hall–Kier alpha value is -2.54. The number of hydrogen-bond donors (Lipinski definition) is 2. The van der Waals surface area contributed by atoms with Crippen LogP contribution < -0.4 is 10.1 Å². The van der Waals surface area contributed by atoms with Gasteiger partial charge in [-0.3, -0.25) is 14.5 Å². The van der Waals surface area contributed by atoms with Gasteiger partial charge in [0.15, 0.2) is 0 Å². The van der Waals surface area contributed by atoms with Gasteiger partial charge in [-0.2, -0.15) is 0 Å². The van der Waals surface area contributed by atoms with E-state index in [0.29, 0.717) is 25.2 Å². The van der Waals surface area contributed by atoms with Crippen LogP contribution in [-0.4, -0.2) is 53.1 Å². The van der Waals surface area contributed by atoms with Gasteiger partial charge in [0.1, 0.15) is 11.4 Å². The van der Waals surface area contributed by atoms with Gasteiger partial charge in [0, 0.05) is 41.7 Å². The van der Waals surface area contributed by atoms with E-state index >= 15 is 0 Å². The SMILES string of the molecule is COc1ccc2c3c([nH]c2c1)[C@H](CC(C)C)N1C[C@H](CCC(=O)OC(C)(C)C)NC(=O)[C@@H]1C3. The van der Waals surface area contributed by atoms with Gasteiger partial charge >= 0.3 is 5.97 Å². The maximum Gasteiger partial charge on any atom is 0.306 e. The molecular formula is C26H37N3O4. The average Bonchev–Trinajstić information content (AvgIpc) is 3.09. The van der Waals surface area contributed by atoms with Crippen molar-refractivity contribution in [3.8, 4) is 5.75 Å². The molecule has 2 aliphatic heterocycles. The van der Waals surface area contributed by atoms with Crippen LogP contribution in [0.3, 0.4) is 0 Å². The van der Waals surface area contributed by atoms with Crippen molar-refractivity contribution in [3.63, 3.8) is 0 Å². The topological polar surface area (TPSA) is 83.7 Å². The summed E-state index contributed by atoms with van der Waals surface area (Å²) in [5.41, 5.74) is 3.00. The number of ether oxygens (including phenoxy) is 2. The van der Waals surface area contributed by atoms with Crippen LogP contribution in [0.2, 0.25) is 0 Å². The van der Waals surface area contributed by atoms with Crippen LogP contribution in [0.4, 0.5) is 0 Å². The molecule has 2 aliphatic rings. The number of hydrogen-bond acceptors (Lipinski definition) is 5. The number of nitrogens with zero attached hydrogens (tertiary/aromatic N) is 1. The van der Waals surface area contributed by atoms with Gasteiger partial charge in [-0.25, -0.2) is 0 Å². The lowest BCUT2D eigenvalue weighted by Gasteiger charge is -2.47. The molecule has 0 bridgehead atoms. The van der Waals surface area contributed by atoms with E-state index in [-0.39, 0.29) is 30.0 Å². The van der Waals surface area contributed by atoms with Crippen LogP contribution in [-0.2, 0) is 20.7 Å². The van der Waals surface area contributed by atoms with Crippen molar-refractivity contribution in [2.75, 3.05) is 13.7 Å². The second kappa shape index (κ2) is 9.01. The number of carbonyl (C=O) groups is 2. The Labute approximate surface area is 196 Å². The summed E-state index contributed by atoms with van der Waals surface area (Å²) in [6.45, 7) is 10.8. The third kappa shape index (κ3) is 5.03. The van der Waals surface area contributed by atoms with Gasteiger partial charge < -0.3 is 19.8 Å². The summed E-state index contributed by atoms with van der Waals surface area (Å²) < 4.78 is 10.9. The molecule has 0 saturated carbocycles. The molecule has 2 N–H and O–H groups in total. The maximum atomic E-state index is 13.2. The molecule has 180 valence electrons. The van der Waals surface area contributed by atoms with E-state index in [4.69, 9.17) is 9.47 Å². The molecule has 1 saturated heterocycles. The number of rotatable bonds is 6. The first-order chi connectivity index (χ1) is 15.6. The Morgan fingerprint density at radius 1 is 1.27 bits per heavy atom. The lowest BCUT2D eigenvalue weighted by Crippen LogP contribution is -2.63. The highest BCUT2D eigenvalue weighted by molar-refractivity contribution is 5.89. The highest BCUT2D eigenvalue weighted by Crippen LogP contribution is 2.42. The van der Waals surface area contributed by atoms with Crippen molar-refractivity contribution in [2.24, 2.45) is 5.92 Å².